The van der Waals surface area contributed by atoms with E-state index >= 15 is 0 Å². The van der Waals surface area contributed by atoms with Gasteiger partial charge in [-0.2, -0.15) is 0 Å². The van der Waals surface area contributed by atoms with Gasteiger partial charge in [0.1, 0.15) is 0 Å². The number of piperidine rings is 1. The minimum absolute atomic E-state index is 0.173. The summed E-state index contributed by atoms with van der Waals surface area (Å²) in [5, 5.41) is 9.38. The quantitative estimate of drug-likeness (QED) is 0.744. The van der Waals surface area contributed by atoms with E-state index in [9.17, 15) is 14.7 Å². The van der Waals surface area contributed by atoms with Gasteiger partial charge >= 0.3 is 5.97 Å². The molecule has 5 heteroatoms. The molecule has 104 valence electrons. The second kappa shape index (κ2) is 6.18. The Hall–Kier alpha value is -1.10. The number of aliphatic carboxylic acids is 1. The maximum atomic E-state index is 11.4. The highest BCUT2D eigenvalue weighted by Gasteiger charge is 2.40. The number of carbonyl (C=O) groups is 2. The number of hydrogen-bond donors (Lipinski definition) is 2. The molecule has 1 saturated heterocycles. The van der Waals surface area contributed by atoms with Gasteiger partial charge in [-0.15, -0.1) is 0 Å². The fourth-order valence-corrected chi connectivity index (χ4v) is 2.69. The lowest BCUT2D eigenvalue weighted by Crippen LogP contribution is -2.46. The third-order valence-corrected chi connectivity index (χ3v) is 4.01. The highest BCUT2D eigenvalue weighted by Crippen LogP contribution is 2.36. The topological polar surface area (TPSA) is 83.6 Å². The molecule has 1 heterocycles. The van der Waals surface area contributed by atoms with E-state index in [1.54, 1.807) is 0 Å². The van der Waals surface area contributed by atoms with Crippen LogP contribution in [0.3, 0.4) is 0 Å². The molecule has 1 fully saturated rings. The standard InChI is InChI=1S/C13H24N2O3/c1-3-4-13(12(17)18)5-7-15(8-6-13)9-10(2)11(14)16/h10H,3-9H2,1-2H3,(H2,14,16)(H,17,18). The first-order valence-electron chi connectivity index (χ1n) is 6.66. The molecule has 0 aromatic heterocycles. The Balaban J connectivity index is 2.53. The first-order valence-corrected chi connectivity index (χ1v) is 6.66. The van der Waals surface area contributed by atoms with Crippen molar-refractivity contribution in [3.05, 3.63) is 0 Å². The highest BCUT2D eigenvalue weighted by molar-refractivity contribution is 5.76. The Morgan fingerprint density at radius 3 is 2.33 bits per heavy atom. The van der Waals surface area contributed by atoms with Crippen molar-refractivity contribution in [3.8, 4) is 0 Å². The highest BCUT2D eigenvalue weighted by atomic mass is 16.4. The molecule has 0 radical (unpaired) electrons. The fourth-order valence-electron chi connectivity index (χ4n) is 2.69. The minimum atomic E-state index is -0.674. The van der Waals surface area contributed by atoms with Crippen LogP contribution in [0.4, 0.5) is 0 Å². The second-order valence-electron chi connectivity index (χ2n) is 5.44. The summed E-state index contributed by atoms with van der Waals surface area (Å²) in [5.41, 5.74) is 4.69. The third-order valence-electron chi connectivity index (χ3n) is 4.01. The second-order valence-corrected chi connectivity index (χ2v) is 5.44. The van der Waals surface area contributed by atoms with Crippen LogP contribution in [0.2, 0.25) is 0 Å². The molecule has 1 aliphatic heterocycles. The van der Waals surface area contributed by atoms with Gasteiger partial charge in [0.2, 0.25) is 5.91 Å². The van der Waals surface area contributed by atoms with E-state index < -0.39 is 11.4 Å². The van der Waals surface area contributed by atoms with Crippen LogP contribution in [0.25, 0.3) is 0 Å². The van der Waals surface area contributed by atoms with Crippen molar-refractivity contribution in [1.82, 2.24) is 4.90 Å². The fraction of sp³-hybridized carbons (Fsp3) is 0.846. The number of likely N-dealkylation sites (tertiary alicyclic amines) is 1. The van der Waals surface area contributed by atoms with Gasteiger partial charge in [-0.1, -0.05) is 20.3 Å². The Bertz CT molecular complexity index is 309. The average molecular weight is 256 g/mol. The smallest absolute Gasteiger partial charge is 0.309 e. The summed E-state index contributed by atoms with van der Waals surface area (Å²) in [5.74, 6) is -1.14. The van der Waals surface area contributed by atoms with Crippen LogP contribution in [-0.2, 0) is 9.59 Å². The molecule has 1 atom stereocenters. The molecular weight excluding hydrogens is 232 g/mol. The van der Waals surface area contributed by atoms with Crippen LogP contribution in [0.1, 0.15) is 39.5 Å². The van der Waals surface area contributed by atoms with Crippen LogP contribution < -0.4 is 5.73 Å². The Morgan fingerprint density at radius 1 is 1.39 bits per heavy atom. The van der Waals surface area contributed by atoms with Gasteiger partial charge < -0.3 is 15.7 Å². The molecule has 0 aromatic rings. The molecule has 1 rings (SSSR count). The number of rotatable bonds is 6. The number of nitrogens with two attached hydrogens (primary N) is 1. The molecule has 1 aliphatic rings. The maximum absolute atomic E-state index is 11.4. The zero-order valence-corrected chi connectivity index (χ0v) is 11.3. The molecule has 3 N–H and O–H groups in total. The lowest BCUT2D eigenvalue weighted by atomic mass is 9.75. The van der Waals surface area contributed by atoms with Crippen molar-refractivity contribution >= 4 is 11.9 Å². The Kier molecular flexibility index (Phi) is 5.14. The third kappa shape index (κ3) is 3.45. The van der Waals surface area contributed by atoms with Crippen molar-refractivity contribution in [2.75, 3.05) is 19.6 Å². The van der Waals surface area contributed by atoms with E-state index in [4.69, 9.17) is 5.73 Å². The van der Waals surface area contributed by atoms with E-state index in [1.807, 2.05) is 13.8 Å². The molecule has 0 spiro atoms. The predicted molar refractivity (Wildman–Crippen MR) is 69.0 cm³/mol. The van der Waals surface area contributed by atoms with Crippen LogP contribution in [-0.4, -0.2) is 41.5 Å². The van der Waals surface area contributed by atoms with Gasteiger partial charge in [-0.25, -0.2) is 0 Å². The van der Waals surface area contributed by atoms with Crippen molar-refractivity contribution in [1.29, 1.82) is 0 Å². The summed E-state index contributed by atoms with van der Waals surface area (Å²) in [4.78, 5) is 24.6. The SMILES string of the molecule is CCCC1(C(=O)O)CCN(CC(C)C(N)=O)CC1. The lowest BCUT2D eigenvalue weighted by Gasteiger charge is -2.39. The molecule has 18 heavy (non-hydrogen) atoms. The number of carbonyl (C=O) groups excluding carboxylic acids is 1. The number of hydrogen-bond acceptors (Lipinski definition) is 3. The minimum Gasteiger partial charge on any atom is -0.481 e. The summed E-state index contributed by atoms with van der Waals surface area (Å²) in [6, 6.07) is 0. The van der Waals surface area contributed by atoms with E-state index in [0.29, 0.717) is 19.4 Å². The first-order chi connectivity index (χ1) is 8.41. The van der Waals surface area contributed by atoms with Gasteiger partial charge in [0, 0.05) is 12.5 Å². The largest absolute Gasteiger partial charge is 0.481 e. The maximum Gasteiger partial charge on any atom is 0.309 e. The first kappa shape index (κ1) is 15.0. The number of carboxylic acid groups (broad SMARTS) is 1. The lowest BCUT2D eigenvalue weighted by molar-refractivity contribution is -0.153. The molecule has 0 aromatic carbocycles. The average Bonchev–Trinajstić information content (AvgIpc) is 2.31. The number of primary amides is 1. The van der Waals surface area contributed by atoms with Crippen LogP contribution in [0, 0.1) is 11.3 Å². The number of nitrogens with zero attached hydrogens (tertiary/aromatic N) is 1. The molecule has 1 amide bonds. The van der Waals surface area contributed by atoms with Gasteiger partial charge in [0.15, 0.2) is 0 Å². The summed E-state index contributed by atoms with van der Waals surface area (Å²) >= 11 is 0. The van der Waals surface area contributed by atoms with E-state index in [2.05, 4.69) is 4.90 Å². The zero-order chi connectivity index (χ0) is 13.8. The summed E-state index contributed by atoms with van der Waals surface area (Å²) in [7, 11) is 0. The van der Waals surface area contributed by atoms with Gasteiger partial charge in [-0.05, 0) is 32.4 Å². The normalized spacial score (nSPS) is 21.4. The summed E-state index contributed by atoms with van der Waals surface area (Å²) in [6.07, 6.45) is 2.97. The van der Waals surface area contributed by atoms with Gasteiger partial charge in [-0.3, -0.25) is 9.59 Å². The van der Waals surface area contributed by atoms with E-state index in [1.165, 1.54) is 0 Å². The van der Waals surface area contributed by atoms with Gasteiger partial charge in [0.05, 0.1) is 5.41 Å². The monoisotopic (exact) mass is 256 g/mol. The Labute approximate surface area is 108 Å². The van der Waals surface area contributed by atoms with Crippen molar-refractivity contribution < 1.29 is 14.7 Å². The van der Waals surface area contributed by atoms with Gasteiger partial charge in [0.25, 0.3) is 0 Å². The Morgan fingerprint density at radius 2 is 1.94 bits per heavy atom. The number of carboxylic acids is 1. The molecular formula is C13H24N2O3. The number of amides is 1. The summed E-state index contributed by atoms with van der Waals surface area (Å²) < 4.78 is 0. The van der Waals surface area contributed by atoms with E-state index in [-0.39, 0.29) is 11.8 Å². The van der Waals surface area contributed by atoms with Crippen molar-refractivity contribution in [2.45, 2.75) is 39.5 Å². The van der Waals surface area contributed by atoms with Crippen LogP contribution >= 0.6 is 0 Å². The van der Waals surface area contributed by atoms with Crippen molar-refractivity contribution in [3.63, 3.8) is 0 Å². The van der Waals surface area contributed by atoms with Crippen LogP contribution in [0.5, 0.6) is 0 Å². The van der Waals surface area contributed by atoms with E-state index in [0.717, 1.165) is 25.9 Å². The molecule has 0 aliphatic carbocycles. The molecule has 0 saturated carbocycles. The van der Waals surface area contributed by atoms with Crippen molar-refractivity contribution in [2.24, 2.45) is 17.1 Å². The molecule has 1 unspecified atom stereocenters. The zero-order valence-electron chi connectivity index (χ0n) is 11.3. The predicted octanol–water partition coefficient (Wildman–Crippen LogP) is 1.07. The molecule has 5 nitrogen and oxygen atoms in total. The molecule has 0 bridgehead atoms. The summed E-state index contributed by atoms with van der Waals surface area (Å²) in [6.45, 7) is 5.95. The van der Waals surface area contributed by atoms with Crippen LogP contribution in [0.15, 0.2) is 0 Å².